The van der Waals surface area contributed by atoms with Crippen molar-refractivity contribution in [3.8, 4) is 0 Å². The molecule has 1 saturated heterocycles. The zero-order chi connectivity index (χ0) is 17.3. The molecule has 0 bridgehead atoms. The van der Waals surface area contributed by atoms with Gasteiger partial charge in [0.2, 0.25) is 0 Å². The highest BCUT2D eigenvalue weighted by atomic mass is 19.1. The molecule has 1 aromatic heterocycles. The van der Waals surface area contributed by atoms with Crippen LogP contribution >= 0.6 is 0 Å². The van der Waals surface area contributed by atoms with Gasteiger partial charge in [-0.2, -0.15) is 0 Å². The lowest BCUT2D eigenvalue weighted by atomic mass is 9.77. The van der Waals surface area contributed by atoms with E-state index in [1.165, 1.54) is 12.1 Å². The van der Waals surface area contributed by atoms with Crippen LogP contribution in [0.1, 0.15) is 42.2 Å². The molecule has 4 nitrogen and oxygen atoms in total. The number of likely N-dealkylation sites (tertiary alicyclic amines) is 1. The van der Waals surface area contributed by atoms with E-state index in [0.717, 1.165) is 24.6 Å². The molecule has 1 N–H and O–H groups in total. The number of rotatable bonds is 3. The van der Waals surface area contributed by atoms with Crippen LogP contribution in [-0.4, -0.2) is 40.6 Å². The third-order valence-electron chi connectivity index (χ3n) is 5.40. The van der Waals surface area contributed by atoms with Gasteiger partial charge in [0.1, 0.15) is 5.82 Å². The largest absolute Gasteiger partial charge is 0.396 e. The number of carbonyl (C=O) groups is 1. The number of aryl methyl sites for hydroxylation is 1. The van der Waals surface area contributed by atoms with Gasteiger partial charge in [-0.25, -0.2) is 4.39 Å². The van der Waals surface area contributed by atoms with Gasteiger partial charge in [0.25, 0.3) is 5.91 Å². The third kappa shape index (κ3) is 3.00. The number of hydrogen-bond donors (Lipinski definition) is 1. The predicted octanol–water partition coefficient (Wildman–Crippen LogP) is 3.31. The summed E-state index contributed by atoms with van der Waals surface area (Å²) in [5.41, 5.74) is 1.70. The first kappa shape index (κ1) is 16.8. The number of halogens is 1. The van der Waals surface area contributed by atoms with Crippen molar-refractivity contribution in [3.05, 3.63) is 41.3 Å². The number of aliphatic hydroxyl groups is 1. The fourth-order valence-electron chi connectivity index (χ4n) is 3.43. The maximum atomic E-state index is 13.3. The summed E-state index contributed by atoms with van der Waals surface area (Å²) < 4.78 is 13.3. The van der Waals surface area contributed by atoms with E-state index in [4.69, 9.17) is 0 Å². The summed E-state index contributed by atoms with van der Waals surface area (Å²) in [6.07, 6.45) is 2.56. The topological polar surface area (TPSA) is 53.4 Å². The fourth-order valence-corrected chi connectivity index (χ4v) is 3.43. The number of pyridine rings is 1. The number of aromatic nitrogens is 1. The van der Waals surface area contributed by atoms with Gasteiger partial charge in [-0.05, 0) is 49.8 Å². The average molecular weight is 330 g/mol. The quantitative estimate of drug-likeness (QED) is 0.939. The number of fused-ring (bicyclic) bond motifs is 1. The van der Waals surface area contributed by atoms with Crippen molar-refractivity contribution in [2.24, 2.45) is 5.41 Å². The van der Waals surface area contributed by atoms with Gasteiger partial charge in [-0.3, -0.25) is 9.78 Å². The highest BCUT2D eigenvalue weighted by Gasteiger charge is 2.34. The van der Waals surface area contributed by atoms with Crippen molar-refractivity contribution in [1.82, 2.24) is 9.88 Å². The molecule has 2 heterocycles. The van der Waals surface area contributed by atoms with E-state index in [1.807, 2.05) is 4.90 Å². The number of nitrogens with zero attached hydrogens (tertiary/aromatic N) is 2. The van der Waals surface area contributed by atoms with Crippen LogP contribution in [0, 0.1) is 18.2 Å². The monoisotopic (exact) mass is 330 g/mol. The van der Waals surface area contributed by atoms with Crippen molar-refractivity contribution in [3.63, 3.8) is 0 Å². The second-order valence-corrected chi connectivity index (χ2v) is 6.76. The highest BCUT2D eigenvalue weighted by Crippen LogP contribution is 2.34. The number of carbonyl (C=O) groups excluding carboxylic acids is 1. The number of hydrogen-bond acceptors (Lipinski definition) is 3. The maximum absolute atomic E-state index is 13.3. The Morgan fingerprint density at radius 2 is 2.04 bits per heavy atom. The van der Waals surface area contributed by atoms with Crippen LogP contribution in [0.15, 0.2) is 24.3 Å². The van der Waals surface area contributed by atoms with Crippen molar-refractivity contribution in [1.29, 1.82) is 0 Å². The first-order valence-corrected chi connectivity index (χ1v) is 8.45. The Labute approximate surface area is 141 Å². The van der Waals surface area contributed by atoms with Crippen molar-refractivity contribution in [2.45, 2.75) is 33.1 Å². The van der Waals surface area contributed by atoms with Gasteiger partial charge in [-0.1, -0.05) is 6.92 Å². The van der Waals surface area contributed by atoms with E-state index in [1.54, 1.807) is 19.1 Å². The van der Waals surface area contributed by atoms with Gasteiger partial charge < -0.3 is 10.0 Å². The number of aliphatic hydroxyl groups excluding tert-OH is 1. The standard InChI is InChI=1S/C19H23FN2O2/c1-3-19(12-23)6-8-22(9-7-19)18(24)16-10-14-4-5-15(20)11-17(14)21-13(16)2/h4-5,10-11,23H,3,6-9,12H2,1-2H3. The Bertz CT molecular complexity index is 761. The molecule has 0 atom stereocenters. The number of amides is 1. The van der Waals surface area contributed by atoms with Gasteiger partial charge in [0.05, 0.1) is 16.8 Å². The van der Waals surface area contributed by atoms with E-state index >= 15 is 0 Å². The molecule has 0 aliphatic carbocycles. The summed E-state index contributed by atoms with van der Waals surface area (Å²) in [5, 5.41) is 10.4. The first-order chi connectivity index (χ1) is 11.5. The van der Waals surface area contributed by atoms with E-state index in [-0.39, 0.29) is 23.7 Å². The van der Waals surface area contributed by atoms with Crippen molar-refractivity contribution in [2.75, 3.05) is 19.7 Å². The maximum Gasteiger partial charge on any atom is 0.255 e. The van der Waals surface area contributed by atoms with Crippen LogP contribution in [0.4, 0.5) is 4.39 Å². The molecule has 1 aromatic carbocycles. The Morgan fingerprint density at radius 1 is 1.33 bits per heavy atom. The molecule has 0 radical (unpaired) electrons. The second-order valence-electron chi connectivity index (χ2n) is 6.76. The summed E-state index contributed by atoms with van der Waals surface area (Å²) in [4.78, 5) is 19.1. The minimum absolute atomic E-state index is 0.0335. The second kappa shape index (κ2) is 6.48. The van der Waals surface area contributed by atoms with Gasteiger partial charge in [0, 0.05) is 31.1 Å². The highest BCUT2D eigenvalue weighted by molar-refractivity contribution is 5.98. The Kier molecular flexibility index (Phi) is 4.54. The van der Waals surface area contributed by atoms with Crippen molar-refractivity contribution >= 4 is 16.8 Å². The zero-order valence-electron chi connectivity index (χ0n) is 14.2. The predicted molar refractivity (Wildman–Crippen MR) is 91.4 cm³/mol. The molecular weight excluding hydrogens is 307 g/mol. The minimum Gasteiger partial charge on any atom is -0.396 e. The van der Waals surface area contributed by atoms with Gasteiger partial charge in [0.15, 0.2) is 0 Å². The smallest absolute Gasteiger partial charge is 0.255 e. The molecule has 1 aliphatic rings. The normalized spacial score (nSPS) is 17.2. The lowest BCUT2D eigenvalue weighted by Gasteiger charge is -2.40. The van der Waals surface area contributed by atoms with E-state index in [9.17, 15) is 14.3 Å². The lowest BCUT2D eigenvalue weighted by Crippen LogP contribution is -2.44. The summed E-state index contributed by atoms with van der Waals surface area (Å²) in [7, 11) is 0. The zero-order valence-corrected chi connectivity index (χ0v) is 14.2. The van der Waals surface area contributed by atoms with Crippen LogP contribution in [0.5, 0.6) is 0 Å². The molecule has 1 amide bonds. The van der Waals surface area contributed by atoms with Gasteiger partial charge >= 0.3 is 0 Å². The van der Waals surface area contributed by atoms with E-state index in [0.29, 0.717) is 29.9 Å². The van der Waals surface area contributed by atoms with E-state index < -0.39 is 0 Å². The van der Waals surface area contributed by atoms with Crippen LogP contribution < -0.4 is 0 Å². The SMILES string of the molecule is CCC1(CO)CCN(C(=O)c2cc3ccc(F)cc3nc2C)CC1. The van der Waals surface area contributed by atoms with Crippen LogP contribution in [0.25, 0.3) is 10.9 Å². The molecule has 1 fully saturated rings. The fraction of sp³-hybridized carbons (Fsp3) is 0.474. The van der Waals surface area contributed by atoms with E-state index in [2.05, 4.69) is 11.9 Å². The number of benzene rings is 1. The van der Waals surface area contributed by atoms with Crippen molar-refractivity contribution < 1.29 is 14.3 Å². The molecule has 0 saturated carbocycles. The van der Waals surface area contributed by atoms with Crippen LogP contribution in [-0.2, 0) is 0 Å². The van der Waals surface area contributed by atoms with Crippen LogP contribution in [0.2, 0.25) is 0 Å². The molecule has 5 heteroatoms. The molecule has 128 valence electrons. The lowest BCUT2D eigenvalue weighted by molar-refractivity contribution is 0.0337. The molecule has 24 heavy (non-hydrogen) atoms. The molecular formula is C19H23FN2O2. The molecule has 1 aliphatic heterocycles. The summed E-state index contributed by atoms with van der Waals surface area (Å²) in [6.45, 7) is 5.34. The van der Waals surface area contributed by atoms with Gasteiger partial charge in [-0.15, -0.1) is 0 Å². The summed E-state index contributed by atoms with van der Waals surface area (Å²) in [6, 6.07) is 6.21. The Morgan fingerprint density at radius 3 is 2.67 bits per heavy atom. The average Bonchev–Trinajstić information content (AvgIpc) is 2.60. The third-order valence-corrected chi connectivity index (χ3v) is 5.40. The molecule has 0 spiro atoms. The molecule has 2 aromatic rings. The molecule has 0 unspecified atom stereocenters. The summed E-state index contributed by atoms with van der Waals surface area (Å²) in [5.74, 6) is -0.363. The number of piperidine rings is 1. The first-order valence-electron chi connectivity index (χ1n) is 8.45. The Hall–Kier alpha value is -2.01. The Balaban J connectivity index is 1.84. The minimum atomic E-state index is -0.329. The summed E-state index contributed by atoms with van der Waals surface area (Å²) >= 11 is 0. The molecule has 3 rings (SSSR count). The van der Waals surface area contributed by atoms with Crippen LogP contribution in [0.3, 0.4) is 0 Å².